The number of amides is 1. The highest BCUT2D eigenvalue weighted by molar-refractivity contribution is 5.94. The number of hydrogen-bond acceptors (Lipinski definition) is 3. The number of rotatable bonds is 17. The summed E-state index contributed by atoms with van der Waals surface area (Å²) in [7, 11) is 0. The molecule has 0 radical (unpaired) electrons. The highest BCUT2D eigenvalue weighted by Gasteiger charge is 2.18. The number of benzene rings is 3. The van der Waals surface area contributed by atoms with Gasteiger partial charge in [-0.2, -0.15) is 0 Å². The number of ether oxygens (including phenoxy) is 1. The molecule has 0 spiro atoms. The summed E-state index contributed by atoms with van der Waals surface area (Å²) in [6, 6.07) is 26.6. The molecule has 0 bridgehead atoms. The van der Waals surface area contributed by atoms with E-state index in [1.54, 1.807) is 0 Å². The minimum Gasteiger partial charge on any atom is -0.489 e. The first-order chi connectivity index (χ1) is 18.6. The molecule has 0 aromatic heterocycles. The highest BCUT2D eigenvalue weighted by Crippen LogP contribution is 2.18. The standard InChI is InChI=1S/C34H46N2O2/c1-4-7-23-35(24-8-5-2)25-26-36(34(37)32-19-15-29(12-6-3)16-20-32)27-30-17-21-33(22-18-30)38-28-31-13-10-9-11-14-31/h9-11,13-22H,4-8,12,23-28H2,1-3H3. The summed E-state index contributed by atoms with van der Waals surface area (Å²) in [5.74, 6) is 0.940. The van der Waals surface area contributed by atoms with Crippen LogP contribution in [0.1, 0.15) is 79.9 Å². The van der Waals surface area contributed by atoms with Gasteiger partial charge in [-0.1, -0.05) is 94.6 Å². The third kappa shape index (κ3) is 9.98. The normalized spacial score (nSPS) is 11.1. The number of aryl methyl sites for hydroxylation is 1. The zero-order chi connectivity index (χ0) is 27.0. The average Bonchev–Trinajstić information content (AvgIpc) is 2.96. The van der Waals surface area contributed by atoms with Crippen molar-refractivity contribution in [3.63, 3.8) is 0 Å². The molecule has 0 heterocycles. The van der Waals surface area contributed by atoms with Crippen molar-refractivity contribution in [2.24, 2.45) is 0 Å². The summed E-state index contributed by atoms with van der Waals surface area (Å²) in [6.07, 6.45) is 6.92. The Morgan fingerprint density at radius 3 is 1.89 bits per heavy atom. The molecule has 0 aliphatic carbocycles. The Morgan fingerprint density at radius 2 is 1.29 bits per heavy atom. The molecule has 4 nitrogen and oxygen atoms in total. The second-order valence-electron chi connectivity index (χ2n) is 10.1. The number of carbonyl (C=O) groups excluding carboxylic acids is 1. The number of unbranched alkanes of at least 4 members (excludes halogenated alkanes) is 2. The Balaban J connectivity index is 1.69. The minimum absolute atomic E-state index is 0.100. The van der Waals surface area contributed by atoms with Gasteiger partial charge in [0.2, 0.25) is 0 Å². The van der Waals surface area contributed by atoms with Crippen LogP contribution in [0.5, 0.6) is 5.75 Å². The van der Waals surface area contributed by atoms with Gasteiger partial charge in [0.05, 0.1) is 0 Å². The van der Waals surface area contributed by atoms with Gasteiger partial charge in [-0.05, 0) is 73.3 Å². The van der Waals surface area contributed by atoms with Crippen LogP contribution in [0, 0.1) is 0 Å². The fourth-order valence-corrected chi connectivity index (χ4v) is 4.55. The Bertz CT molecular complexity index is 1040. The van der Waals surface area contributed by atoms with Crippen LogP contribution in [0.15, 0.2) is 78.9 Å². The number of hydrogen-bond donors (Lipinski definition) is 0. The van der Waals surface area contributed by atoms with Gasteiger partial charge in [0.25, 0.3) is 5.91 Å². The molecular formula is C34H46N2O2. The van der Waals surface area contributed by atoms with E-state index in [2.05, 4.69) is 62.1 Å². The second-order valence-corrected chi connectivity index (χ2v) is 10.1. The molecule has 204 valence electrons. The zero-order valence-electron chi connectivity index (χ0n) is 23.7. The van der Waals surface area contributed by atoms with E-state index >= 15 is 0 Å². The molecule has 3 rings (SSSR count). The molecule has 3 aromatic carbocycles. The zero-order valence-corrected chi connectivity index (χ0v) is 23.7. The van der Waals surface area contributed by atoms with E-state index in [4.69, 9.17) is 4.74 Å². The molecule has 0 N–H and O–H groups in total. The largest absolute Gasteiger partial charge is 0.489 e. The van der Waals surface area contributed by atoms with Crippen LogP contribution in [-0.2, 0) is 19.6 Å². The molecule has 0 fully saturated rings. The molecule has 0 aliphatic heterocycles. The predicted octanol–water partition coefficient (Wildman–Crippen LogP) is 7.76. The molecule has 0 atom stereocenters. The van der Waals surface area contributed by atoms with E-state index in [1.165, 1.54) is 31.2 Å². The number of nitrogens with zero attached hydrogens (tertiary/aromatic N) is 2. The molecule has 3 aromatic rings. The smallest absolute Gasteiger partial charge is 0.254 e. The Kier molecular flexibility index (Phi) is 12.9. The van der Waals surface area contributed by atoms with Crippen molar-refractivity contribution in [1.29, 1.82) is 0 Å². The van der Waals surface area contributed by atoms with Crippen molar-refractivity contribution in [3.05, 3.63) is 101 Å². The maximum absolute atomic E-state index is 13.7. The van der Waals surface area contributed by atoms with Crippen molar-refractivity contribution in [1.82, 2.24) is 9.80 Å². The lowest BCUT2D eigenvalue weighted by Crippen LogP contribution is -2.39. The first kappa shape index (κ1) is 29.4. The maximum atomic E-state index is 13.7. The fraction of sp³-hybridized carbons (Fsp3) is 0.441. The third-order valence-electron chi connectivity index (χ3n) is 6.91. The Morgan fingerprint density at radius 1 is 0.658 bits per heavy atom. The van der Waals surface area contributed by atoms with E-state index in [0.29, 0.717) is 13.2 Å². The van der Waals surface area contributed by atoms with Crippen molar-refractivity contribution in [2.45, 2.75) is 72.4 Å². The van der Waals surface area contributed by atoms with Gasteiger partial charge in [-0.15, -0.1) is 0 Å². The third-order valence-corrected chi connectivity index (χ3v) is 6.91. The summed E-state index contributed by atoms with van der Waals surface area (Å²) < 4.78 is 5.97. The summed E-state index contributed by atoms with van der Waals surface area (Å²) in [5, 5.41) is 0. The molecule has 0 saturated carbocycles. The van der Waals surface area contributed by atoms with Crippen molar-refractivity contribution < 1.29 is 9.53 Å². The lowest BCUT2D eigenvalue weighted by molar-refractivity contribution is 0.0720. The van der Waals surface area contributed by atoms with Gasteiger partial charge < -0.3 is 14.5 Å². The lowest BCUT2D eigenvalue weighted by atomic mass is 10.1. The number of carbonyl (C=O) groups is 1. The quantitative estimate of drug-likeness (QED) is 0.184. The SMILES string of the molecule is CCCCN(CCCC)CCN(Cc1ccc(OCc2ccccc2)cc1)C(=O)c1ccc(CCC)cc1. The van der Waals surface area contributed by atoms with Crippen LogP contribution in [0.3, 0.4) is 0 Å². The predicted molar refractivity (Wildman–Crippen MR) is 159 cm³/mol. The lowest BCUT2D eigenvalue weighted by Gasteiger charge is -2.28. The maximum Gasteiger partial charge on any atom is 0.254 e. The van der Waals surface area contributed by atoms with Crippen LogP contribution in [0.4, 0.5) is 0 Å². The van der Waals surface area contributed by atoms with Crippen LogP contribution < -0.4 is 4.74 Å². The molecule has 1 amide bonds. The monoisotopic (exact) mass is 514 g/mol. The van der Waals surface area contributed by atoms with E-state index < -0.39 is 0 Å². The first-order valence-electron chi connectivity index (χ1n) is 14.5. The Labute approximate surface area is 230 Å². The minimum atomic E-state index is 0.100. The first-order valence-corrected chi connectivity index (χ1v) is 14.5. The van der Waals surface area contributed by atoms with Crippen LogP contribution in [0.25, 0.3) is 0 Å². The van der Waals surface area contributed by atoms with Crippen molar-refractivity contribution >= 4 is 5.91 Å². The molecule has 0 saturated heterocycles. The van der Waals surface area contributed by atoms with E-state index in [9.17, 15) is 4.79 Å². The highest BCUT2D eigenvalue weighted by atomic mass is 16.5. The van der Waals surface area contributed by atoms with Gasteiger partial charge in [0.15, 0.2) is 0 Å². The van der Waals surface area contributed by atoms with Crippen molar-refractivity contribution in [3.8, 4) is 5.75 Å². The van der Waals surface area contributed by atoms with E-state index in [1.807, 2.05) is 47.4 Å². The van der Waals surface area contributed by atoms with E-state index in [0.717, 1.165) is 61.5 Å². The molecule has 0 aliphatic rings. The van der Waals surface area contributed by atoms with Crippen molar-refractivity contribution in [2.75, 3.05) is 26.2 Å². The molecule has 4 heteroatoms. The van der Waals surface area contributed by atoms with Gasteiger partial charge in [-0.25, -0.2) is 0 Å². The van der Waals surface area contributed by atoms with Gasteiger partial charge in [-0.3, -0.25) is 4.79 Å². The van der Waals surface area contributed by atoms with Gasteiger partial charge >= 0.3 is 0 Å². The van der Waals surface area contributed by atoms with Crippen LogP contribution >= 0.6 is 0 Å². The molecule has 0 unspecified atom stereocenters. The fourth-order valence-electron chi connectivity index (χ4n) is 4.55. The van der Waals surface area contributed by atoms with Crippen LogP contribution in [0.2, 0.25) is 0 Å². The summed E-state index contributed by atoms with van der Waals surface area (Å²) in [6.45, 7) is 11.6. The van der Waals surface area contributed by atoms with E-state index in [-0.39, 0.29) is 5.91 Å². The summed E-state index contributed by atoms with van der Waals surface area (Å²) >= 11 is 0. The topological polar surface area (TPSA) is 32.8 Å². The Hall–Kier alpha value is -3.11. The second kappa shape index (κ2) is 16.7. The van der Waals surface area contributed by atoms with Gasteiger partial charge in [0, 0.05) is 25.2 Å². The molecule has 38 heavy (non-hydrogen) atoms. The summed E-state index contributed by atoms with van der Waals surface area (Å²) in [4.78, 5) is 18.2. The molecular weight excluding hydrogens is 468 g/mol. The average molecular weight is 515 g/mol. The summed E-state index contributed by atoms with van der Waals surface area (Å²) in [5.41, 5.74) is 4.31. The van der Waals surface area contributed by atoms with Gasteiger partial charge in [0.1, 0.15) is 12.4 Å². The van der Waals surface area contributed by atoms with Crippen LogP contribution in [-0.4, -0.2) is 41.9 Å².